The Labute approximate surface area is 85.1 Å². The van der Waals surface area contributed by atoms with Crippen LogP contribution in [0.3, 0.4) is 0 Å². The minimum absolute atomic E-state index is 0.369. The first-order chi connectivity index (χ1) is 6.29. The van der Waals surface area contributed by atoms with E-state index in [1.807, 2.05) is 0 Å². The van der Waals surface area contributed by atoms with Gasteiger partial charge in [-0.2, -0.15) is 0 Å². The van der Waals surface area contributed by atoms with E-state index in [4.69, 9.17) is 0 Å². The van der Waals surface area contributed by atoms with Crippen molar-refractivity contribution in [3.8, 4) is 0 Å². The highest BCUT2D eigenvalue weighted by Gasteiger charge is 2.11. The van der Waals surface area contributed by atoms with Crippen LogP contribution in [-0.4, -0.2) is 24.7 Å². The maximum atomic E-state index is 11.1. The van der Waals surface area contributed by atoms with Crippen molar-refractivity contribution in [3.63, 3.8) is 0 Å². The zero-order valence-electron chi connectivity index (χ0n) is 6.89. The highest BCUT2D eigenvalue weighted by Crippen LogP contribution is 2.25. The molecule has 1 rings (SSSR count). The maximum Gasteiger partial charge on any atom is 0.350 e. The first-order valence-electron chi connectivity index (χ1n) is 3.43. The number of ether oxygens (including phenoxy) is 1. The number of nitrogens with zero attached hydrogens (tertiary/aromatic N) is 1. The number of esters is 1. The number of aliphatic imine (C=N–C) groups is 1. The molecule has 1 aromatic heterocycles. The van der Waals surface area contributed by atoms with E-state index in [1.54, 1.807) is 11.4 Å². The maximum absolute atomic E-state index is 11.1. The standard InChI is InChI=1S/C8H7NO2S2/c1-11-8(10)7-6(2-5-13-7)9-3-4-12/h2-5H,1H3. The summed E-state index contributed by atoms with van der Waals surface area (Å²) in [5, 5.41) is 3.17. The van der Waals surface area contributed by atoms with Gasteiger partial charge in [0.05, 0.1) is 12.8 Å². The Hall–Kier alpha value is -1.07. The van der Waals surface area contributed by atoms with Gasteiger partial charge >= 0.3 is 5.97 Å². The SMILES string of the molecule is COC(=O)c1sccc1N=CC=S. The number of thiophene rings is 1. The van der Waals surface area contributed by atoms with E-state index in [0.717, 1.165) is 0 Å². The fourth-order valence-electron chi connectivity index (χ4n) is 0.760. The van der Waals surface area contributed by atoms with Gasteiger partial charge in [-0.15, -0.1) is 11.3 Å². The monoisotopic (exact) mass is 213 g/mol. The molecule has 0 spiro atoms. The van der Waals surface area contributed by atoms with Gasteiger partial charge < -0.3 is 4.74 Å². The molecule has 0 aliphatic carbocycles. The molecule has 0 saturated heterocycles. The van der Waals surface area contributed by atoms with Crippen molar-refractivity contribution in [1.82, 2.24) is 0 Å². The molecule has 0 unspecified atom stereocenters. The van der Waals surface area contributed by atoms with Crippen LogP contribution < -0.4 is 0 Å². The van der Waals surface area contributed by atoms with Crippen molar-refractivity contribution in [3.05, 3.63) is 16.3 Å². The topological polar surface area (TPSA) is 38.7 Å². The van der Waals surface area contributed by atoms with Crippen molar-refractivity contribution >= 4 is 46.8 Å². The first-order valence-corrected chi connectivity index (χ1v) is 4.78. The second-order valence-electron chi connectivity index (χ2n) is 2.04. The predicted octanol–water partition coefficient (Wildman–Crippen LogP) is 2.24. The lowest BCUT2D eigenvalue weighted by molar-refractivity contribution is 0.0607. The lowest BCUT2D eigenvalue weighted by Crippen LogP contribution is -1.97. The van der Waals surface area contributed by atoms with Gasteiger partial charge in [-0.1, -0.05) is 12.2 Å². The summed E-state index contributed by atoms with van der Waals surface area (Å²) in [6.45, 7) is 0. The number of thiocarbonyl (C=S) groups is 1. The van der Waals surface area contributed by atoms with Crippen LogP contribution in [-0.2, 0) is 4.74 Å². The molecule has 0 radical (unpaired) electrons. The Morgan fingerprint density at radius 2 is 2.54 bits per heavy atom. The molecular weight excluding hydrogens is 206 g/mol. The van der Waals surface area contributed by atoms with Gasteiger partial charge in [0.15, 0.2) is 0 Å². The van der Waals surface area contributed by atoms with Crippen molar-refractivity contribution in [2.24, 2.45) is 4.99 Å². The molecule has 3 nitrogen and oxygen atoms in total. The molecular formula is C8H7NO2S2. The molecule has 0 aliphatic heterocycles. The van der Waals surface area contributed by atoms with Crippen molar-refractivity contribution in [1.29, 1.82) is 0 Å². The molecule has 0 atom stereocenters. The highest BCUT2D eigenvalue weighted by atomic mass is 32.1. The number of carbonyl (C=O) groups excluding carboxylic acids is 1. The minimum atomic E-state index is -0.369. The zero-order chi connectivity index (χ0) is 9.68. The van der Waals surface area contributed by atoms with Crippen LogP contribution in [0, 0.1) is 0 Å². The first kappa shape index (κ1) is 10.0. The van der Waals surface area contributed by atoms with Crippen molar-refractivity contribution < 1.29 is 9.53 Å². The Morgan fingerprint density at radius 3 is 3.15 bits per heavy atom. The second-order valence-corrected chi connectivity index (χ2v) is 3.23. The summed E-state index contributed by atoms with van der Waals surface area (Å²) >= 11 is 5.87. The van der Waals surface area contributed by atoms with Crippen LogP contribution in [0.5, 0.6) is 0 Å². The molecule has 1 heterocycles. The van der Waals surface area contributed by atoms with E-state index in [1.165, 1.54) is 30.0 Å². The lowest BCUT2D eigenvalue weighted by Gasteiger charge is -1.95. The van der Waals surface area contributed by atoms with Gasteiger partial charge in [0.1, 0.15) is 4.88 Å². The molecule has 0 aliphatic rings. The molecule has 0 fully saturated rings. The predicted molar refractivity (Wildman–Crippen MR) is 57.5 cm³/mol. The van der Waals surface area contributed by atoms with E-state index < -0.39 is 0 Å². The number of hydrogen-bond donors (Lipinski definition) is 0. The average Bonchev–Trinajstić information content (AvgIpc) is 2.61. The van der Waals surface area contributed by atoms with E-state index in [-0.39, 0.29) is 5.97 Å². The molecule has 1 aromatic rings. The Kier molecular flexibility index (Phi) is 3.72. The Bertz CT molecular complexity index is 344. The van der Waals surface area contributed by atoms with Crippen LogP contribution in [0.4, 0.5) is 5.69 Å². The summed E-state index contributed by atoms with van der Waals surface area (Å²) in [5.41, 5.74) is 0.595. The fraction of sp³-hybridized carbons (Fsp3) is 0.125. The number of rotatable bonds is 3. The summed E-state index contributed by atoms with van der Waals surface area (Å²) in [5.74, 6) is -0.369. The van der Waals surface area contributed by atoms with E-state index in [0.29, 0.717) is 10.6 Å². The van der Waals surface area contributed by atoms with E-state index in [2.05, 4.69) is 21.9 Å². The number of hydrogen-bond acceptors (Lipinski definition) is 5. The summed E-state index contributed by atoms with van der Waals surface area (Å²) in [7, 11) is 1.34. The Balaban J connectivity index is 2.95. The van der Waals surface area contributed by atoms with Gasteiger partial charge in [0.2, 0.25) is 0 Å². The molecule has 13 heavy (non-hydrogen) atoms. The molecule has 0 aromatic carbocycles. The average molecular weight is 213 g/mol. The Morgan fingerprint density at radius 1 is 1.77 bits per heavy atom. The highest BCUT2D eigenvalue weighted by molar-refractivity contribution is 7.80. The molecule has 0 bridgehead atoms. The number of methoxy groups -OCH3 is 1. The van der Waals surface area contributed by atoms with Gasteiger partial charge in [-0.05, 0) is 11.4 Å². The zero-order valence-corrected chi connectivity index (χ0v) is 8.52. The normalized spacial score (nSPS) is 10.2. The summed E-state index contributed by atoms with van der Waals surface area (Å²) in [6, 6.07) is 1.74. The largest absolute Gasteiger partial charge is 0.465 e. The van der Waals surface area contributed by atoms with Gasteiger partial charge in [0.25, 0.3) is 0 Å². The molecule has 0 saturated carbocycles. The molecule has 0 N–H and O–H groups in total. The van der Waals surface area contributed by atoms with Crippen LogP contribution in [0.2, 0.25) is 0 Å². The lowest BCUT2D eigenvalue weighted by atomic mass is 10.4. The van der Waals surface area contributed by atoms with E-state index in [9.17, 15) is 4.79 Å². The second kappa shape index (κ2) is 4.84. The molecule has 68 valence electrons. The third-order valence-electron chi connectivity index (χ3n) is 1.29. The fourth-order valence-corrected chi connectivity index (χ4v) is 1.58. The summed E-state index contributed by atoms with van der Waals surface area (Å²) in [4.78, 5) is 15.6. The van der Waals surface area contributed by atoms with Crippen LogP contribution in [0.25, 0.3) is 0 Å². The van der Waals surface area contributed by atoms with Crippen LogP contribution in [0.15, 0.2) is 16.4 Å². The third-order valence-corrected chi connectivity index (χ3v) is 2.30. The van der Waals surface area contributed by atoms with Crippen molar-refractivity contribution in [2.45, 2.75) is 0 Å². The molecule has 5 heteroatoms. The number of carbonyl (C=O) groups is 1. The van der Waals surface area contributed by atoms with Gasteiger partial charge in [0, 0.05) is 11.6 Å². The van der Waals surface area contributed by atoms with Crippen LogP contribution in [0.1, 0.15) is 9.67 Å². The summed E-state index contributed by atoms with van der Waals surface area (Å²) in [6.07, 6.45) is 1.46. The van der Waals surface area contributed by atoms with Gasteiger partial charge in [-0.3, -0.25) is 4.99 Å². The third kappa shape index (κ3) is 2.43. The smallest absolute Gasteiger partial charge is 0.350 e. The molecule has 0 amide bonds. The van der Waals surface area contributed by atoms with Crippen molar-refractivity contribution in [2.75, 3.05) is 7.11 Å². The van der Waals surface area contributed by atoms with Gasteiger partial charge in [-0.25, -0.2) is 4.79 Å². The summed E-state index contributed by atoms with van der Waals surface area (Å²) < 4.78 is 4.58. The quantitative estimate of drug-likeness (QED) is 0.439. The minimum Gasteiger partial charge on any atom is -0.465 e. The van der Waals surface area contributed by atoms with Crippen LogP contribution >= 0.6 is 23.6 Å². The van der Waals surface area contributed by atoms with E-state index >= 15 is 0 Å².